The molecule has 0 amide bonds. The van der Waals surface area contributed by atoms with Gasteiger partial charge in [0.05, 0.1) is 4.92 Å². The maximum atomic E-state index is 10.7. The van der Waals surface area contributed by atoms with Crippen molar-refractivity contribution in [3.05, 3.63) is 33.6 Å². The van der Waals surface area contributed by atoms with Crippen molar-refractivity contribution >= 4 is 63.7 Å². The van der Waals surface area contributed by atoms with Gasteiger partial charge in [0, 0.05) is 17.8 Å². The first-order chi connectivity index (χ1) is 7.23. The van der Waals surface area contributed by atoms with E-state index >= 15 is 0 Å². The van der Waals surface area contributed by atoms with E-state index in [1.165, 1.54) is 6.20 Å². The molecule has 0 aliphatic heterocycles. The molecule has 0 aliphatic rings. The van der Waals surface area contributed by atoms with Crippen LogP contribution >= 0.6 is 58.0 Å². The molecule has 0 aliphatic carbocycles. The predicted molar refractivity (Wildman–Crippen MR) is 64.6 cm³/mol. The van der Waals surface area contributed by atoms with Crippen LogP contribution in [0, 0.1) is 10.1 Å². The van der Waals surface area contributed by atoms with Crippen LogP contribution in [0.25, 0.3) is 0 Å². The van der Waals surface area contributed by atoms with Crippen LogP contribution in [-0.4, -0.2) is 9.91 Å². The zero-order valence-electron chi connectivity index (χ0n) is 7.33. The van der Waals surface area contributed by atoms with Crippen LogP contribution in [0.5, 0.6) is 0 Å². The first kappa shape index (κ1) is 14.1. The molecule has 1 heterocycles. The number of hydrogen-bond donors (Lipinski definition) is 0. The Morgan fingerprint density at radius 2 is 1.94 bits per heavy atom. The van der Waals surface area contributed by atoms with Gasteiger partial charge in [0.2, 0.25) is 3.79 Å². The summed E-state index contributed by atoms with van der Waals surface area (Å²) in [5.41, 5.74) is -0.461. The van der Waals surface area contributed by atoms with Gasteiger partial charge in [-0.2, -0.15) is 0 Å². The molecule has 1 aromatic heterocycles. The maximum Gasteiger partial charge on any atom is 0.295 e. The molecule has 88 valence electrons. The number of hydrogen-bond acceptors (Lipinski definition) is 3. The van der Waals surface area contributed by atoms with E-state index in [9.17, 15) is 10.1 Å². The highest BCUT2D eigenvalue weighted by atomic mass is 35.6. The van der Waals surface area contributed by atoms with Crippen molar-refractivity contribution in [2.45, 2.75) is 8.63 Å². The number of halogens is 5. The van der Waals surface area contributed by atoms with Crippen molar-refractivity contribution in [3.8, 4) is 0 Å². The third-order valence-electron chi connectivity index (χ3n) is 1.61. The van der Waals surface area contributed by atoms with E-state index in [4.69, 9.17) is 58.0 Å². The largest absolute Gasteiger partial charge is 0.295 e. The van der Waals surface area contributed by atoms with Gasteiger partial charge in [-0.3, -0.25) is 10.1 Å². The second kappa shape index (κ2) is 5.10. The molecule has 9 heteroatoms. The van der Waals surface area contributed by atoms with Crippen LogP contribution < -0.4 is 0 Å². The van der Waals surface area contributed by atoms with Gasteiger partial charge in [0.15, 0.2) is 5.69 Å². The molecule has 0 unspecified atom stereocenters. The van der Waals surface area contributed by atoms with Crippen molar-refractivity contribution < 1.29 is 4.92 Å². The standard InChI is InChI=1S/C7H3Cl5N2O2/c8-6(9)3-1-4(14(15)16)5(13-2-3)7(10,11)12/h1-2,6H. The van der Waals surface area contributed by atoms with Crippen LogP contribution in [0.2, 0.25) is 0 Å². The van der Waals surface area contributed by atoms with Gasteiger partial charge in [-0.1, -0.05) is 58.0 Å². The molecular formula is C7H3Cl5N2O2. The van der Waals surface area contributed by atoms with E-state index in [1.54, 1.807) is 0 Å². The molecule has 0 aromatic carbocycles. The highest BCUT2D eigenvalue weighted by Crippen LogP contribution is 2.42. The molecule has 1 rings (SSSR count). The number of pyridine rings is 1. The molecule has 0 spiro atoms. The second-order valence-electron chi connectivity index (χ2n) is 2.69. The van der Waals surface area contributed by atoms with Gasteiger partial charge in [-0.15, -0.1) is 0 Å². The number of alkyl halides is 5. The van der Waals surface area contributed by atoms with Crippen molar-refractivity contribution in [1.29, 1.82) is 0 Å². The first-order valence-corrected chi connectivity index (χ1v) is 5.74. The quantitative estimate of drug-likeness (QED) is 0.463. The van der Waals surface area contributed by atoms with Gasteiger partial charge in [0.25, 0.3) is 5.69 Å². The molecule has 0 fully saturated rings. The predicted octanol–water partition coefficient (Wildman–Crippen LogP) is 4.29. The van der Waals surface area contributed by atoms with Crippen LogP contribution in [0.15, 0.2) is 12.3 Å². The monoisotopic (exact) mass is 322 g/mol. The summed E-state index contributed by atoms with van der Waals surface area (Å²) < 4.78 is -1.98. The van der Waals surface area contributed by atoms with Gasteiger partial charge >= 0.3 is 0 Å². The lowest BCUT2D eigenvalue weighted by Crippen LogP contribution is -2.09. The summed E-state index contributed by atoms with van der Waals surface area (Å²) in [6.45, 7) is 0. The minimum atomic E-state index is -1.98. The Bertz CT molecular complexity index is 418. The summed E-state index contributed by atoms with van der Waals surface area (Å²) in [5.74, 6) is 0. The van der Waals surface area contributed by atoms with E-state index < -0.39 is 19.2 Å². The Morgan fingerprint density at radius 3 is 2.31 bits per heavy atom. The number of nitro groups is 1. The Kier molecular flexibility index (Phi) is 4.49. The highest BCUT2D eigenvalue weighted by molar-refractivity contribution is 6.66. The Hall–Kier alpha value is -0.000000000000000333. The third-order valence-corrected chi connectivity index (χ3v) is 2.65. The fourth-order valence-corrected chi connectivity index (χ4v) is 1.62. The summed E-state index contributed by atoms with van der Waals surface area (Å²) in [4.78, 5) is 12.8. The van der Waals surface area contributed by atoms with Crippen LogP contribution in [-0.2, 0) is 3.79 Å². The molecule has 1 aromatic rings. The lowest BCUT2D eigenvalue weighted by atomic mass is 10.2. The van der Waals surface area contributed by atoms with E-state index in [1.807, 2.05) is 0 Å². The molecule has 0 saturated carbocycles. The lowest BCUT2D eigenvalue weighted by molar-refractivity contribution is -0.386. The number of nitrogens with zero attached hydrogens (tertiary/aromatic N) is 2. The van der Waals surface area contributed by atoms with E-state index in [0.717, 1.165) is 6.07 Å². The SMILES string of the molecule is O=[N+]([O-])c1cc(C(Cl)Cl)cnc1C(Cl)(Cl)Cl. The van der Waals surface area contributed by atoms with Gasteiger partial charge in [0.1, 0.15) is 4.84 Å². The molecule has 0 bridgehead atoms. The normalized spacial score (nSPS) is 11.9. The van der Waals surface area contributed by atoms with Crippen LogP contribution in [0.1, 0.15) is 16.1 Å². The molecular weight excluding hydrogens is 321 g/mol. The fourth-order valence-electron chi connectivity index (χ4n) is 0.946. The highest BCUT2D eigenvalue weighted by Gasteiger charge is 2.34. The number of rotatable bonds is 2. The summed E-state index contributed by atoms with van der Waals surface area (Å²) in [7, 11) is 0. The summed E-state index contributed by atoms with van der Waals surface area (Å²) >= 11 is 27.7. The van der Waals surface area contributed by atoms with Crippen molar-refractivity contribution in [3.63, 3.8) is 0 Å². The Labute approximate surface area is 116 Å². The minimum absolute atomic E-state index is 0.257. The molecule has 0 N–H and O–H groups in total. The Morgan fingerprint density at radius 1 is 1.38 bits per heavy atom. The second-order valence-corrected chi connectivity index (χ2v) is 6.07. The van der Waals surface area contributed by atoms with Crippen molar-refractivity contribution in [1.82, 2.24) is 4.98 Å². The maximum absolute atomic E-state index is 10.7. The molecule has 0 atom stereocenters. The fraction of sp³-hybridized carbons (Fsp3) is 0.286. The lowest BCUT2D eigenvalue weighted by Gasteiger charge is -2.11. The zero-order valence-corrected chi connectivity index (χ0v) is 11.1. The smallest absolute Gasteiger partial charge is 0.258 e. The average molecular weight is 324 g/mol. The summed E-state index contributed by atoms with van der Waals surface area (Å²) in [6, 6.07) is 1.12. The molecule has 0 saturated heterocycles. The molecule has 4 nitrogen and oxygen atoms in total. The van der Waals surface area contributed by atoms with Gasteiger partial charge in [-0.05, 0) is 0 Å². The van der Waals surface area contributed by atoms with Crippen molar-refractivity contribution in [2.24, 2.45) is 0 Å². The van der Waals surface area contributed by atoms with Gasteiger partial charge in [-0.25, -0.2) is 4.98 Å². The zero-order chi connectivity index (χ0) is 12.5. The first-order valence-electron chi connectivity index (χ1n) is 3.73. The van der Waals surface area contributed by atoms with E-state index in [-0.39, 0.29) is 11.3 Å². The Balaban J connectivity index is 3.37. The summed E-state index contributed by atoms with van der Waals surface area (Å²) in [6.07, 6.45) is 1.22. The summed E-state index contributed by atoms with van der Waals surface area (Å²) in [5, 5.41) is 10.7. The molecule has 0 radical (unpaired) electrons. The average Bonchev–Trinajstić information content (AvgIpc) is 2.15. The number of aromatic nitrogens is 1. The van der Waals surface area contributed by atoms with Gasteiger partial charge < -0.3 is 0 Å². The third kappa shape index (κ3) is 3.25. The van der Waals surface area contributed by atoms with Crippen LogP contribution in [0.4, 0.5) is 5.69 Å². The minimum Gasteiger partial charge on any atom is -0.258 e. The molecule has 16 heavy (non-hydrogen) atoms. The van der Waals surface area contributed by atoms with E-state index in [2.05, 4.69) is 4.98 Å². The van der Waals surface area contributed by atoms with Crippen molar-refractivity contribution in [2.75, 3.05) is 0 Å². The topological polar surface area (TPSA) is 56.0 Å². The van der Waals surface area contributed by atoms with Crippen LogP contribution in [0.3, 0.4) is 0 Å². The van der Waals surface area contributed by atoms with E-state index in [0.29, 0.717) is 0 Å².